The van der Waals surface area contributed by atoms with E-state index in [1.54, 1.807) is 17.0 Å². The summed E-state index contributed by atoms with van der Waals surface area (Å²) in [6.45, 7) is 10.6. The first kappa shape index (κ1) is 26.2. The summed E-state index contributed by atoms with van der Waals surface area (Å²) < 4.78 is 6.43. The number of halogens is 1. The molecule has 36 heavy (non-hydrogen) atoms. The fraction of sp³-hybridized carbons (Fsp3) is 0.448. The van der Waals surface area contributed by atoms with Crippen LogP contribution in [0, 0.1) is 13.8 Å². The van der Waals surface area contributed by atoms with Gasteiger partial charge in [-0.25, -0.2) is 0 Å². The summed E-state index contributed by atoms with van der Waals surface area (Å²) in [5.74, 6) is 0.364. The minimum Gasteiger partial charge on any atom is -0.492 e. The molecule has 1 aliphatic rings. The van der Waals surface area contributed by atoms with Gasteiger partial charge in [-0.05, 0) is 71.2 Å². The third kappa shape index (κ3) is 5.60. The van der Waals surface area contributed by atoms with Gasteiger partial charge in [0.2, 0.25) is 0 Å². The molecule has 1 amide bonds. The zero-order chi connectivity index (χ0) is 25.8. The van der Waals surface area contributed by atoms with Gasteiger partial charge in [0.05, 0.1) is 28.3 Å². The second kappa shape index (κ2) is 11.5. The molecule has 1 aromatic heterocycles. The number of aromatic amines is 1. The number of hydrogen-bond donors (Lipinski definition) is 2. The molecule has 0 spiro atoms. The summed E-state index contributed by atoms with van der Waals surface area (Å²) in [6.07, 6.45) is 4.40. The molecule has 1 saturated heterocycles. The van der Waals surface area contributed by atoms with E-state index < -0.39 is 0 Å². The number of amides is 1. The molecule has 0 aliphatic carbocycles. The van der Waals surface area contributed by atoms with E-state index in [1.165, 1.54) is 12.8 Å². The molecule has 7 heteroatoms. The van der Waals surface area contributed by atoms with E-state index in [1.807, 2.05) is 39.8 Å². The third-order valence-electron chi connectivity index (χ3n) is 6.97. The monoisotopic (exact) mass is 509 g/mol. The van der Waals surface area contributed by atoms with Crippen LogP contribution in [0.1, 0.15) is 61.0 Å². The smallest absolute Gasteiger partial charge is 0.260 e. The normalized spacial score (nSPS) is 15.8. The molecule has 3 aromatic rings. The number of carbonyl (C=O) groups is 1. The molecule has 0 saturated carbocycles. The summed E-state index contributed by atoms with van der Waals surface area (Å²) in [7, 11) is 0. The number of rotatable bonds is 8. The van der Waals surface area contributed by atoms with Gasteiger partial charge in [0, 0.05) is 24.5 Å². The van der Waals surface area contributed by atoms with Gasteiger partial charge >= 0.3 is 0 Å². The van der Waals surface area contributed by atoms with Crippen molar-refractivity contribution in [3.8, 4) is 16.9 Å². The van der Waals surface area contributed by atoms with E-state index in [4.69, 9.17) is 16.3 Å². The molecule has 2 aromatic carbocycles. The minimum atomic E-state index is -0.239. The highest BCUT2D eigenvalue weighted by atomic mass is 35.5. The maximum Gasteiger partial charge on any atom is 0.260 e. The average Bonchev–Trinajstić information content (AvgIpc) is 2.84. The lowest BCUT2D eigenvalue weighted by Gasteiger charge is -2.24. The summed E-state index contributed by atoms with van der Waals surface area (Å²) in [4.78, 5) is 31.4. The largest absolute Gasteiger partial charge is 0.492 e. The summed E-state index contributed by atoms with van der Waals surface area (Å²) in [5.41, 5.74) is 4.13. The van der Waals surface area contributed by atoms with Crippen LogP contribution < -0.4 is 15.6 Å². The number of piperidine rings is 1. The fourth-order valence-electron chi connectivity index (χ4n) is 5.14. The lowest BCUT2D eigenvalue weighted by molar-refractivity contribution is 0.0773. The van der Waals surface area contributed by atoms with Crippen LogP contribution in [0.4, 0.5) is 0 Å². The first-order valence-electron chi connectivity index (χ1n) is 13.0. The summed E-state index contributed by atoms with van der Waals surface area (Å²) in [5, 5.41) is 4.55. The van der Waals surface area contributed by atoms with E-state index in [9.17, 15) is 9.59 Å². The SMILES string of the molecule is CCN(CC)C(=O)c1cc2c(OCCC3CCCCN3)c(-c3cc(C)cc(C)c3)c(=O)[nH]c2cc1Cl. The number of benzene rings is 2. The third-order valence-corrected chi connectivity index (χ3v) is 7.28. The lowest BCUT2D eigenvalue weighted by Crippen LogP contribution is -2.35. The molecule has 1 aliphatic heterocycles. The van der Waals surface area contributed by atoms with Crippen LogP contribution in [0.3, 0.4) is 0 Å². The molecule has 0 bridgehead atoms. The molecule has 1 unspecified atom stereocenters. The Labute approximate surface area is 218 Å². The summed E-state index contributed by atoms with van der Waals surface area (Å²) >= 11 is 6.55. The Morgan fingerprint density at radius 3 is 2.44 bits per heavy atom. The highest BCUT2D eigenvalue weighted by molar-refractivity contribution is 6.34. The van der Waals surface area contributed by atoms with Crippen molar-refractivity contribution >= 4 is 28.4 Å². The van der Waals surface area contributed by atoms with Gasteiger partial charge in [-0.2, -0.15) is 0 Å². The average molecular weight is 510 g/mol. The Hall–Kier alpha value is -2.83. The van der Waals surface area contributed by atoms with Crippen LogP contribution >= 0.6 is 11.6 Å². The number of nitrogens with zero attached hydrogens (tertiary/aromatic N) is 1. The molecular formula is C29H36ClN3O3. The standard InChI is InChI=1S/C29H36ClN3O3/c1-5-33(6-2)29(35)22-16-23-25(17-24(22)30)32-28(34)26(20-14-18(3)13-19(4)15-20)27(23)36-12-10-21-9-7-8-11-31-21/h13-17,21,31H,5-12H2,1-4H3,(H,32,34). The van der Waals surface area contributed by atoms with Crippen LogP contribution in [0.15, 0.2) is 35.1 Å². The Balaban J connectivity index is 1.86. The van der Waals surface area contributed by atoms with Crippen molar-refractivity contribution in [1.29, 1.82) is 0 Å². The van der Waals surface area contributed by atoms with E-state index in [0.29, 0.717) is 58.5 Å². The first-order valence-corrected chi connectivity index (χ1v) is 13.3. The molecule has 1 fully saturated rings. The molecule has 4 rings (SSSR count). The number of hydrogen-bond acceptors (Lipinski definition) is 4. The van der Waals surface area contributed by atoms with Crippen LogP contribution in [0.5, 0.6) is 5.75 Å². The Morgan fingerprint density at radius 2 is 1.81 bits per heavy atom. The number of fused-ring (bicyclic) bond motifs is 1. The second-order valence-electron chi connectivity index (χ2n) is 9.67. The van der Waals surface area contributed by atoms with E-state index in [0.717, 1.165) is 36.1 Å². The van der Waals surface area contributed by atoms with Crippen LogP contribution in [-0.2, 0) is 0 Å². The number of pyridine rings is 1. The van der Waals surface area contributed by atoms with Crippen molar-refractivity contribution in [2.45, 2.75) is 59.4 Å². The Bertz CT molecular complexity index is 1290. The number of carbonyl (C=O) groups excluding carboxylic acids is 1. The highest BCUT2D eigenvalue weighted by Crippen LogP contribution is 2.37. The number of H-pyrrole nitrogens is 1. The quantitative estimate of drug-likeness (QED) is 0.399. The number of aromatic nitrogens is 1. The first-order chi connectivity index (χ1) is 17.3. The van der Waals surface area contributed by atoms with E-state index >= 15 is 0 Å². The van der Waals surface area contributed by atoms with Gasteiger partial charge < -0.3 is 19.9 Å². The Kier molecular flexibility index (Phi) is 8.37. The zero-order valence-corrected chi connectivity index (χ0v) is 22.4. The number of ether oxygens (including phenoxy) is 1. The van der Waals surface area contributed by atoms with Gasteiger partial charge in [-0.1, -0.05) is 47.3 Å². The number of nitrogens with one attached hydrogen (secondary N) is 2. The molecule has 2 heterocycles. The van der Waals surface area contributed by atoms with Gasteiger partial charge in [-0.15, -0.1) is 0 Å². The lowest BCUT2D eigenvalue weighted by atomic mass is 9.98. The fourth-order valence-corrected chi connectivity index (χ4v) is 5.38. The van der Waals surface area contributed by atoms with Crippen molar-refractivity contribution in [2.24, 2.45) is 0 Å². The predicted molar refractivity (Wildman–Crippen MR) is 147 cm³/mol. The Morgan fingerprint density at radius 1 is 1.08 bits per heavy atom. The van der Waals surface area contributed by atoms with E-state index in [-0.39, 0.29) is 11.5 Å². The van der Waals surface area contributed by atoms with Gasteiger partial charge in [-0.3, -0.25) is 9.59 Å². The highest BCUT2D eigenvalue weighted by Gasteiger charge is 2.22. The second-order valence-corrected chi connectivity index (χ2v) is 10.1. The zero-order valence-electron chi connectivity index (χ0n) is 21.7. The van der Waals surface area contributed by atoms with Crippen LogP contribution in [-0.4, -0.2) is 48.1 Å². The minimum absolute atomic E-state index is 0.136. The molecule has 6 nitrogen and oxygen atoms in total. The molecule has 2 N–H and O–H groups in total. The van der Waals surface area contributed by atoms with Crippen molar-refractivity contribution in [2.75, 3.05) is 26.2 Å². The molecule has 0 radical (unpaired) electrons. The van der Waals surface area contributed by atoms with Gasteiger partial charge in [0.1, 0.15) is 5.75 Å². The molecular weight excluding hydrogens is 474 g/mol. The summed E-state index contributed by atoms with van der Waals surface area (Å²) in [6, 6.07) is 9.91. The predicted octanol–water partition coefficient (Wildman–Crippen LogP) is 5.86. The van der Waals surface area contributed by atoms with Crippen LogP contribution in [0.25, 0.3) is 22.0 Å². The topological polar surface area (TPSA) is 74.4 Å². The van der Waals surface area contributed by atoms with Crippen molar-refractivity contribution < 1.29 is 9.53 Å². The molecule has 192 valence electrons. The van der Waals surface area contributed by atoms with E-state index in [2.05, 4.69) is 16.4 Å². The maximum absolute atomic E-state index is 13.4. The van der Waals surface area contributed by atoms with Gasteiger partial charge in [0.25, 0.3) is 11.5 Å². The van der Waals surface area contributed by atoms with Crippen molar-refractivity contribution in [3.63, 3.8) is 0 Å². The number of aryl methyl sites for hydroxylation is 2. The van der Waals surface area contributed by atoms with Gasteiger partial charge in [0.15, 0.2) is 0 Å². The maximum atomic E-state index is 13.4. The molecule has 1 atom stereocenters. The van der Waals surface area contributed by atoms with Crippen LogP contribution in [0.2, 0.25) is 5.02 Å². The van der Waals surface area contributed by atoms with Crippen molar-refractivity contribution in [3.05, 3.63) is 62.4 Å². The van der Waals surface area contributed by atoms with Crippen molar-refractivity contribution in [1.82, 2.24) is 15.2 Å².